The van der Waals surface area contributed by atoms with E-state index in [0.29, 0.717) is 16.3 Å². The Kier molecular flexibility index (Phi) is 4.93. The third-order valence-electron chi connectivity index (χ3n) is 2.78. The number of rotatable bonds is 3. The van der Waals surface area contributed by atoms with Crippen LogP contribution in [0.4, 0.5) is 5.69 Å². The molecule has 3 N–H and O–H groups in total. The van der Waals surface area contributed by atoms with Crippen molar-refractivity contribution in [3.8, 4) is 11.8 Å². The van der Waals surface area contributed by atoms with E-state index in [1.165, 1.54) is 17.3 Å². The predicted molar refractivity (Wildman–Crippen MR) is 80.7 cm³/mol. The number of carbonyl (C=O) groups excluding carboxylic acids is 1. The molecule has 1 unspecified atom stereocenters. The Morgan fingerprint density at radius 2 is 2.38 bits per heavy atom. The van der Waals surface area contributed by atoms with Crippen LogP contribution in [-0.4, -0.2) is 27.2 Å². The molecule has 0 saturated carbocycles. The summed E-state index contributed by atoms with van der Waals surface area (Å²) in [4.78, 5) is 16.0. The summed E-state index contributed by atoms with van der Waals surface area (Å²) < 4.78 is 1.47. The van der Waals surface area contributed by atoms with Gasteiger partial charge in [-0.25, -0.2) is 9.67 Å². The molecule has 1 aromatic heterocycles. The average molecular weight is 304 g/mol. The summed E-state index contributed by atoms with van der Waals surface area (Å²) in [5, 5.41) is 7.29. The first-order valence-electron chi connectivity index (χ1n) is 6.25. The summed E-state index contributed by atoms with van der Waals surface area (Å²) >= 11 is 5.94. The summed E-state index contributed by atoms with van der Waals surface area (Å²) in [7, 11) is 0. The molecule has 6 nitrogen and oxygen atoms in total. The Morgan fingerprint density at radius 3 is 3.05 bits per heavy atom. The zero-order valence-electron chi connectivity index (χ0n) is 11.4. The third-order valence-corrected chi connectivity index (χ3v) is 3.01. The van der Waals surface area contributed by atoms with Gasteiger partial charge in [0.15, 0.2) is 0 Å². The van der Waals surface area contributed by atoms with Gasteiger partial charge in [0, 0.05) is 10.6 Å². The van der Waals surface area contributed by atoms with Crippen LogP contribution in [0.1, 0.15) is 18.5 Å². The lowest BCUT2D eigenvalue weighted by Crippen LogP contribution is -2.24. The average Bonchev–Trinajstić information content (AvgIpc) is 3.00. The first kappa shape index (κ1) is 15.0. The minimum atomic E-state index is -0.488. The number of benzene rings is 1. The Labute approximate surface area is 127 Å². The summed E-state index contributed by atoms with van der Waals surface area (Å²) in [6.45, 7) is 1.96. The monoisotopic (exact) mass is 303 g/mol. The van der Waals surface area contributed by atoms with Gasteiger partial charge in [0.05, 0.1) is 12.2 Å². The van der Waals surface area contributed by atoms with Crippen molar-refractivity contribution in [2.75, 3.05) is 11.9 Å². The van der Waals surface area contributed by atoms with Crippen molar-refractivity contribution >= 4 is 23.2 Å². The highest BCUT2D eigenvalue weighted by atomic mass is 35.5. The smallest absolute Gasteiger partial charge is 0.249 e. The van der Waals surface area contributed by atoms with Gasteiger partial charge >= 0.3 is 0 Å². The zero-order valence-corrected chi connectivity index (χ0v) is 12.1. The second-order valence-electron chi connectivity index (χ2n) is 4.24. The summed E-state index contributed by atoms with van der Waals surface area (Å²) in [6, 6.07) is 4.58. The van der Waals surface area contributed by atoms with Crippen molar-refractivity contribution in [3.05, 3.63) is 41.4 Å². The van der Waals surface area contributed by atoms with Gasteiger partial charge in [0.25, 0.3) is 0 Å². The van der Waals surface area contributed by atoms with Crippen LogP contribution in [0.3, 0.4) is 0 Å². The SMILES string of the molecule is CC(C(=O)Nc1ccc(Cl)cc1C#CCN)n1cncn1. The molecule has 2 aromatic rings. The molecule has 2 rings (SSSR count). The van der Waals surface area contributed by atoms with Gasteiger partial charge in [-0.3, -0.25) is 4.79 Å². The van der Waals surface area contributed by atoms with Crippen molar-refractivity contribution in [1.82, 2.24) is 14.8 Å². The molecule has 1 heterocycles. The minimum Gasteiger partial charge on any atom is -0.323 e. The second kappa shape index (κ2) is 6.88. The molecular formula is C14H14ClN5O. The maximum Gasteiger partial charge on any atom is 0.249 e. The van der Waals surface area contributed by atoms with E-state index >= 15 is 0 Å². The Bertz CT molecular complexity index is 687. The third kappa shape index (κ3) is 3.81. The van der Waals surface area contributed by atoms with E-state index in [9.17, 15) is 4.79 Å². The van der Waals surface area contributed by atoms with E-state index in [1.807, 2.05) is 0 Å². The number of anilines is 1. The molecule has 0 aliphatic rings. The fourth-order valence-corrected chi connectivity index (χ4v) is 1.82. The molecule has 0 fully saturated rings. The maximum absolute atomic E-state index is 12.2. The largest absolute Gasteiger partial charge is 0.323 e. The van der Waals surface area contributed by atoms with Gasteiger partial charge in [-0.05, 0) is 25.1 Å². The molecule has 0 radical (unpaired) electrons. The van der Waals surface area contributed by atoms with E-state index in [0.717, 1.165) is 0 Å². The number of hydrogen-bond acceptors (Lipinski definition) is 4. The molecule has 0 aliphatic heterocycles. The Morgan fingerprint density at radius 1 is 1.57 bits per heavy atom. The van der Waals surface area contributed by atoms with Crippen LogP contribution in [0.15, 0.2) is 30.9 Å². The quantitative estimate of drug-likeness (QED) is 0.840. The normalized spacial score (nSPS) is 11.4. The molecule has 0 aliphatic carbocycles. The highest BCUT2D eigenvalue weighted by molar-refractivity contribution is 6.30. The lowest BCUT2D eigenvalue weighted by molar-refractivity contribution is -0.119. The van der Waals surface area contributed by atoms with Crippen LogP contribution >= 0.6 is 11.6 Å². The molecular weight excluding hydrogens is 290 g/mol. The summed E-state index contributed by atoms with van der Waals surface area (Å²) in [6.07, 6.45) is 2.87. The van der Waals surface area contributed by atoms with Crippen molar-refractivity contribution in [3.63, 3.8) is 0 Å². The number of nitrogens with zero attached hydrogens (tertiary/aromatic N) is 3. The Hall–Kier alpha value is -2.36. The number of hydrogen-bond donors (Lipinski definition) is 2. The first-order valence-corrected chi connectivity index (χ1v) is 6.63. The van der Waals surface area contributed by atoms with Gasteiger partial charge in [0.1, 0.15) is 18.7 Å². The van der Waals surface area contributed by atoms with Gasteiger partial charge in [0.2, 0.25) is 5.91 Å². The number of halogens is 1. The van der Waals surface area contributed by atoms with Crippen molar-refractivity contribution < 1.29 is 4.79 Å². The number of nitrogens with one attached hydrogen (secondary N) is 1. The summed E-state index contributed by atoms with van der Waals surface area (Å²) in [5.74, 6) is 5.40. The van der Waals surface area contributed by atoms with Gasteiger partial charge in [-0.1, -0.05) is 23.4 Å². The highest BCUT2D eigenvalue weighted by Crippen LogP contribution is 2.21. The van der Waals surface area contributed by atoms with E-state index in [1.54, 1.807) is 25.1 Å². The lowest BCUT2D eigenvalue weighted by Gasteiger charge is -2.13. The molecule has 0 spiro atoms. The van der Waals surface area contributed by atoms with Crippen LogP contribution in [0.5, 0.6) is 0 Å². The van der Waals surface area contributed by atoms with Crippen LogP contribution in [0.2, 0.25) is 5.02 Å². The fourth-order valence-electron chi connectivity index (χ4n) is 1.65. The van der Waals surface area contributed by atoms with E-state index in [2.05, 4.69) is 27.2 Å². The van der Waals surface area contributed by atoms with Gasteiger partial charge in [-0.15, -0.1) is 0 Å². The number of aromatic nitrogens is 3. The molecule has 21 heavy (non-hydrogen) atoms. The van der Waals surface area contributed by atoms with Crippen molar-refractivity contribution in [2.45, 2.75) is 13.0 Å². The van der Waals surface area contributed by atoms with Crippen molar-refractivity contribution in [2.24, 2.45) is 5.73 Å². The number of nitrogens with two attached hydrogens (primary N) is 1. The van der Waals surface area contributed by atoms with E-state index < -0.39 is 6.04 Å². The number of carbonyl (C=O) groups is 1. The van der Waals surface area contributed by atoms with Crippen LogP contribution in [0.25, 0.3) is 0 Å². The Balaban J connectivity index is 2.21. The predicted octanol–water partition coefficient (Wildman–Crippen LogP) is 1.44. The molecule has 1 atom stereocenters. The molecule has 7 heteroatoms. The zero-order chi connectivity index (χ0) is 15.2. The van der Waals surface area contributed by atoms with Gasteiger partial charge < -0.3 is 11.1 Å². The van der Waals surface area contributed by atoms with Gasteiger partial charge in [-0.2, -0.15) is 5.10 Å². The highest BCUT2D eigenvalue weighted by Gasteiger charge is 2.16. The van der Waals surface area contributed by atoms with E-state index in [-0.39, 0.29) is 12.5 Å². The van der Waals surface area contributed by atoms with Crippen LogP contribution in [0, 0.1) is 11.8 Å². The molecule has 0 bridgehead atoms. The number of amides is 1. The molecule has 0 saturated heterocycles. The second-order valence-corrected chi connectivity index (χ2v) is 4.67. The molecule has 108 valence electrons. The van der Waals surface area contributed by atoms with Crippen molar-refractivity contribution in [1.29, 1.82) is 0 Å². The topological polar surface area (TPSA) is 85.8 Å². The van der Waals surface area contributed by atoms with Crippen LogP contribution in [-0.2, 0) is 4.79 Å². The molecule has 1 amide bonds. The minimum absolute atomic E-state index is 0.223. The van der Waals surface area contributed by atoms with E-state index in [4.69, 9.17) is 17.3 Å². The molecule has 1 aromatic carbocycles. The fraction of sp³-hybridized carbons (Fsp3) is 0.214. The standard InChI is InChI=1S/C14H14ClN5O/c1-10(20-9-17-8-18-20)14(21)19-13-5-4-12(15)7-11(13)3-2-6-16/h4-5,7-10H,6,16H2,1H3,(H,19,21). The summed E-state index contributed by atoms with van der Waals surface area (Å²) in [5.41, 5.74) is 6.56. The lowest BCUT2D eigenvalue weighted by atomic mass is 10.1. The first-order chi connectivity index (χ1) is 10.1. The van der Waals surface area contributed by atoms with Crippen LogP contribution < -0.4 is 11.1 Å². The maximum atomic E-state index is 12.2.